The third-order valence-corrected chi connectivity index (χ3v) is 7.68. The number of hydrazone groups is 1. The van der Waals surface area contributed by atoms with Crippen LogP contribution in [0, 0.1) is 0 Å². The second-order valence-corrected chi connectivity index (χ2v) is 10.9. The fraction of sp³-hybridized carbons (Fsp3) is 0.107. The standard InChI is InChI=1S/C28H24BrN3O6S/c1-2-37-28(34)21-13-11-20(12-14-21)26-16-15-24(38-26)18-30-31-27(33)19-32(23-8-6-7-22(29)17-23)39(35,36)25-9-4-3-5-10-25/h3-18H,2,19H2,1H3,(H,31,33)/b30-18+. The molecule has 0 aliphatic heterocycles. The molecule has 9 nitrogen and oxygen atoms in total. The van der Waals surface area contributed by atoms with E-state index in [0.29, 0.717) is 33.9 Å². The zero-order chi connectivity index (χ0) is 27.8. The summed E-state index contributed by atoms with van der Waals surface area (Å²) in [4.78, 5) is 24.6. The van der Waals surface area contributed by atoms with E-state index in [2.05, 4.69) is 26.5 Å². The predicted molar refractivity (Wildman–Crippen MR) is 151 cm³/mol. The zero-order valence-corrected chi connectivity index (χ0v) is 23.2. The van der Waals surface area contributed by atoms with Gasteiger partial charge in [0.1, 0.15) is 18.1 Å². The molecule has 0 bridgehead atoms. The third kappa shape index (κ3) is 7.01. The molecule has 1 N–H and O–H groups in total. The normalized spacial score (nSPS) is 11.3. The summed E-state index contributed by atoms with van der Waals surface area (Å²) in [5, 5.41) is 3.92. The van der Waals surface area contributed by atoms with Gasteiger partial charge < -0.3 is 9.15 Å². The molecule has 39 heavy (non-hydrogen) atoms. The van der Waals surface area contributed by atoms with Crippen LogP contribution < -0.4 is 9.73 Å². The van der Waals surface area contributed by atoms with Crippen LogP contribution in [-0.2, 0) is 19.6 Å². The average molecular weight is 610 g/mol. The first-order chi connectivity index (χ1) is 18.8. The van der Waals surface area contributed by atoms with Crippen LogP contribution in [-0.4, -0.2) is 39.7 Å². The number of amides is 1. The lowest BCUT2D eigenvalue weighted by atomic mass is 10.1. The summed E-state index contributed by atoms with van der Waals surface area (Å²) in [6.45, 7) is 1.54. The van der Waals surface area contributed by atoms with E-state index in [4.69, 9.17) is 9.15 Å². The first kappa shape index (κ1) is 27.8. The van der Waals surface area contributed by atoms with Crippen molar-refractivity contribution in [3.05, 3.63) is 107 Å². The monoisotopic (exact) mass is 609 g/mol. The molecule has 0 saturated carbocycles. The van der Waals surface area contributed by atoms with Crippen molar-refractivity contribution in [3.63, 3.8) is 0 Å². The predicted octanol–water partition coefficient (Wildman–Crippen LogP) is 5.23. The Balaban J connectivity index is 1.44. The molecule has 3 aromatic carbocycles. The number of ether oxygens (including phenoxy) is 1. The van der Waals surface area contributed by atoms with Crippen molar-refractivity contribution < 1.29 is 27.2 Å². The smallest absolute Gasteiger partial charge is 0.338 e. The molecule has 200 valence electrons. The van der Waals surface area contributed by atoms with E-state index in [9.17, 15) is 18.0 Å². The van der Waals surface area contributed by atoms with Gasteiger partial charge in [0.15, 0.2) is 0 Å². The van der Waals surface area contributed by atoms with E-state index in [1.165, 1.54) is 18.3 Å². The fourth-order valence-corrected chi connectivity index (χ4v) is 5.38. The van der Waals surface area contributed by atoms with Crippen molar-refractivity contribution in [2.24, 2.45) is 5.10 Å². The Morgan fingerprint density at radius 3 is 2.44 bits per heavy atom. The number of nitrogens with one attached hydrogen (secondary N) is 1. The highest BCUT2D eigenvalue weighted by atomic mass is 79.9. The molecule has 0 unspecified atom stereocenters. The lowest BCUT2D eigenvalue weighted by Crippen LogP contribution is -2.39. The minimum Gasteiger partial charge on any atom is -0.462 e. The van der Waals surface area contributed by atoms with Crippen molar-refractivity contribution in [3.8, 4) is 11.3 Å². The lowest BCUT2D eigenvalue weighted by molar-refractivity contribution is -0.119. The third-order valence-electron chi connectivity index (χ3n) is 5.40. The highest BCUT2D eigenvalue weighted by molar-refractivity contribution is 9.10. The van der Waals surface area contributed by atoms with Crippen LogP contribution in [0.2, 0.25) is 0 Å². The number of hydrogen-bond donors (Lipinski definition) is 1. The number of rotatable bonds is 10. The molecule has 0 aliphatic rings. The Morgan fingerprint density at radius 2 is 1.74 bits per heavy atom. The molecule has 11 heteroatoms. The van der Waals surface area contributed by atoms with E-state index in [-0.39, 0.29) is 4.90 Å². The Labute approximate surface area is 234 Å². The van der Waals surface area contributed by atoms with Crippen LogP contribution in [0.25, 0.3) is 11.3 Å². The zero-order valence-electron chi connectivity index (χ0n) is 20.8. The molecule has 4 aromatic rings. The van der Waals surface area contributed by atoms with Gasteiger partial charge in [0.2, 0.25) is 0 Å². The minimum atomic E-state index is -4.03. The number of sulfonamides is 1. The molecule has 0 fully saturated rings. The number of hydrogen-bond acceptors (Lipinski definition) is 7. The van der Waals surface area contributed by atoms with Gasteiger partial charge in [-0.05, 0) is 61.5 Å². The van der Waals surface area contributed by atoms with Gasteiger partial charge in [-0.2, -0.15) is 5.10 Å². The van der Waals surface area contributed by atoms with E-state index < -0.39 is 28.4 Å². The fourth-order valence-electron chi connectivity index (χ4n) is 3.56. The minimum absolute atomic E-state index is 0.0553. The molecule has 0 spiro atoms. The summed E-state index contributed by atoms with van der Waals surface area (Å²) in [6, 6.07) is 24.7. The van der Waals surface area contributed by atoms with Gasteiger partial charge in [-0.25, -0.2) is 18.6 Å². The first-order valence-electron chi connectivity index (χ1n) is 11.8. The number of esters is 1. The number of carbonyl (C=O) groups excluding carboxylic acids is 2. The van der Waals surface area contributed by atoms with Crippen molar-refractivity contribution >= 4 is 49.7 Å². The molecular weight excluding hydrogens is 586 g/mol. The molecule has 1 amide bonds. The molecule has 0 saturated heterocycles. The maximum absolute atomic E-state index is 13.4. The summed E-state index contributed by atoms with van der Waals surface area (Å²) < 4.78 is 39.1. The Kier molecular flexibility index (Phi) is 8.95. The van der Waals surface area contributed by atoms with Crippen LogP contribution in [0.1, 0.15) is 23.0 Å². The van der Waals surface area contributed by atoms with E-state index in [1.807, 2.05) is 0 Å². The van der Waals surface area contributed by atoms with Crippen molar-refractivity contribution in [2.45, 2.75) is 11.8 Å². The molecule has 0 radical (unpaired) electrons. The first-order valence-corrected chi connectivity index (χ1v) is 14.0. The maximum Gasteiger partial charge on any atom is 0.338 e. The van der Waals surface area contributed by atoms with Crippen molar-refractivity contribution in [2.75, 3.05) is 17.5 Å². The van der Waals surface area contributed by atoms with E-state index >= 15 is 0 Å². The summed E-state index contributed by atoms with van der Waals surface area (Å²) in [7, 11) is -4.03. The van der Waals surface area contributed by atoms with Crippen LogP contribution in [0.15, 0.2) is 110 Å². The average Bonchev–Trinajstić information content (AvgIpc) is 3.41. The van der Waals surface area contributed by atoms with Crippen LogP contribution >= 0.6 is 15.9 Å². The molecular formula is C28H24BrN3O6S. The Hall–Kier alpha value is -4.22. The number of carbonyl (C=O) groups is 2. The van der Waals surface area contributed by atoms with Gasteiger partial charge in [0.25, 0.3) is 15.9 Å². The molecule has 0 aliphatic carbocycles. The van der Waals surface area contributed by atoms with Crippen LogP contribution in [0.4, 0.5) is 5.69 Å². The molecule has 4 rings (SSSR count). The number of nitrogens with zero attached hydrogens (tertiary/aromatic N) is 2. The number of benzene rings is 3. The topological polar surface area (TPSA) is 118 Å². The Bertz CT molecular complexity index is 1590. The summed E-state index contributed by atoms with van der Waals surface area (Å²) in [5.41, 5.74) is 3.84. The van der Waals surface area contributed by atoms with Gasteiger partial charge in [0, 0.05) is 10.0 Å². The summed E-state index contributed by atoms with van der Waals surface area (Å²) in [5.74, 6) is -0.150. The lowest BCUT2D eigenvalue weighted by Gasteiger charge is -2.23. The van der Waals surface area contributed by atoms with Gasteiger partial charge in [0.05, 0.1) is 29.0 Å². The highest BCUT2D eigenvalue weighted by Crippen LogP contribution is 2.26. The number of anilines is 1. The van der Waals surface area contributed by atoms with Gasteiger partial charge in [-0.1, -0.05) is 52.3 Å². The quantitative estimate of drug-likeness (QED) is 0.149. The second kappa shape index (κ2) is 12.5. The van der Waals surface area contributed by atoms with Gasteiger partial charge in [-0.3, -0.25) is 9.10 Å². The highest BCUT2D eigenvalue weighted by Gasteiger charge is 2.27. The summed E-state index contributed by atoms with van der Waals surface area (Å²) in [6.07, 6.45) is 1.31. The Morgan fingerprint density at radius 1 is 1.00 bits per heavy atom. The van der Waals surface area contributed by atoms with Gasteiger partial charge in [-0.15, -0.1) is 0 Å². The molecule has 0 atom stereocenters. The van der Waals surface area contributed by atoms with Crippen molar-refractivity contribution in [1.82, 2.24) is 5.43 Å². The summed E-state index contributed by atoms with van der Waals surface area (Å²) >= 11 is 3.35. The van der Waals surface area contributed by atoms with Crippen molar-refractivity contribution in [1.29, 1.82) is 0 Å². The molecule has 1 aromatic heterocycles. The van der Waals surface area contributed by atoms with Crippen LogP contribution in [0.5, 0.6) is 0 Å². The second-order valence-electron chi connectivity index (χ2n) is 8.10. The maximum atomic E-state index is 13.4. The van der Waals surface area contributed by atoms with E-state index in [1.54, 1.807) is 85.8 Å². The number of halogens is 1. The number of furan rings is 1. The largest absolute Gasteiger partial charge is 0.462 e. The van der Waals surface area contributed by atoms with Crippen LogP contribution in [0.3, 0.4) is 0 Å². The van der Waals surface area contributed by atoms with Gasteiger partial charge >= 0.3 is 5.97 Å². The SMILES string of the molecule is CCOC(=O)c1ccc(-c2ccc(/C=N/NC(=O)CN(c3cccc(Br)c3)S(=O)(=O)c3ccccc3)o2)cc1. The molecule has 1 heterocycles. The van der Waals surface area contributed by atoms with E-state index in [0.717, 1.165) is 9.87 Å².